The third kappa shape index (κ3) is 2.21. The van der Waals surface area contributed by atoms with Crippen molar-refractivity contribution in [3.8, 4) is 0 Å². The van der Waals surface area contributed by atoms with Gasteiger partial charge < -0.3 is 9.47 Å². The second kappa shape index (κ2) is 5.31. The number of fused-ring (bicyclic) bond motifs is 1. The number of carbonyl (C=O) groups is 1. The monoisotopic (exact) mass is 271 g/mol. The van der Waals surface area contributed by atoms with Gasteiger partial charge in [-0.3, -0.25) is 9.79 Å². The standard InChI is InChI=1S/C16H17NO3/c1-10-11(2)16(18)13-6-4-3-5-12(13)15(10)17-9-14-19-7-8-20-14/h3-6,14H,7-9H2,1-2H3/b17-15-. The van der Waals surface area contributed by atoms with Gasteiger partial charge >= 0.3 is 0 Å². The van der Waals surface area contributed by atoms with E-state index in [4.69, 9.17) is 9.47 Å². The molecule has 1 saturated heterocycles. The van der Waals surface area contributed by atoms with Crippen LogP contribution in [-0.2, 0) is 9.47 Å². The molecule has 1 aliphatic heterocycles. The van der Waals surface area contributed by atoms with Gasteiger partial charge in [0.15, 0.2) is 12.1 Å². The van der Waals surface area contributed by atoms with Gasteiger partial charge in [-0.25, -0.2) is 0 Å². The molecule has 0 bridgehead atoms. The average Bonchev–Trinajstić information content (AvgIpc) is 2.98. The van der Waals surface area contributed by atoms with E-state index in [-0.39, 0.29) is 12.1 Å². The Morgan fingerprint density at radius 1 is 1.10 bits per heavy atom. The number of hydrogen-bond donors (Lipinski definition) is 0. The molecular formula is C16H17NO3. The van der Waals surface area contributed by atoms with Gasteiger partial charge in [-0.2, -0.15) is 0 Å². The zero-order chi connectivity index (χ0) is 14.1. The maximum atomic E-state index is 12.3. The first-order chi connectivity index (χ1) is 9.68. The molecule has 1 aromatic rings. The third-order valence-corrected chi connectivity index (χ3v) is 3.77. The summed E-state index contributed by atoms with van der Waals surface area (Å²) in [5, 5.41) is 0. The van der Waals surface area contributed by atoms with Gasteiger partial charge in [0.25, 0.3) is 0 Å². The lowest BCUT2D eigenvalue weighted by Crippen LogP contribution is -2.22. The van der Waals surface area contributed by atoms with Gasteiger partial charge in [-0.05, 0) is 19.4 Å². The minimum atomic E-state index is -0.264. The molecular weight excluding hydrogens is 254 g/mol. The molecule has 0 unspecified atom stereocenters. The molecule has 1 heterocycles. The van der Waals surface area contributed by atoms with Crippen molar-refractivity contribution in [2.75, 3.05) is 19.8 Å². The van der Waals surface area contributed by atoms with Gasteiger partial charge in [0.1, 0.15) is 0 Å². The number of benzene rings is 1. The van der Waals surface area contributed by atoms with Crippen molar-refractivity contribution in [3.63, 3.8) is 0 Å². The SMILES string of the molecule is CC1=C(C)/C(=N/CC2OCCO2)c2ccccc2C1=O. The van der Waals surface area contributed by atoms with Crippen LogP contribution in [0.1, 0.15) is 29.8 Å². The molecule has 4 nitrogen and oxygen atoms in total. The largest absolute Gasteiger partial charge is 0.348 e. The van der Waals surface area contributed by atoms with E-state index in [0.717, 1.165) is 28.0 Å². The highest BCUT2D eigenvalue weighted by Crippen LogP contribution is 2.26. The average molecular weight is 271 g/mol. The van der Waals surface area contributed by atoms with Crippen molar-refractivity contribution in [1.82, 2.24) is 0 Å². The number of Topliss-reactive ketones (excluding diaryl/α,β-unsaturated/α-hetero) is 1. The summed E-state index contributed by atoms with van der Waals surface area (Å²) in [5.74, 6) is 0.0883. The summed E-state index contributed by atoms with van der Waals surface area (Å²) in [5.41, 5.74) is 4.19. The summed E-state index contributed by atoms with van der Waals surface area (Å²) in [4.78, 5) is 16.9. The molecule has 4 heteroatoms. The zero-order valence-electron chi connectivity index (χ0n) is 11.7. The van der Waals surface area contributed by atoms with E-state index in [1.165, 1.54) is 0 Å². The van der Waals surface area contributed by atoms with Crippen molar-refractivity contribution < 1.29 is 14.3 Å². The Morgan fingerprint density at radius 3 is 2.45 bits per heavy atom. The lowest BCUT2D eigenvalue weighted by molar-refractivity contribution is -0.0326. The number of nitrogens with zero attached hydrogens (tertiary/aromatic N) is 1. The van der Waals surface area contributed by atoms with Crippen LogP contribution in [0.25, 0.3) is 0 Å². The van der Waals surface area contributed by atoms with E-state index in [1.807, 2.05) is 38.1 Å². The molecule has 1 aromatic carbocycles. The molecule has 0 spiro atoms. The molecule has 104 valence electrons. The number of ether oxygens (including phenoxy) is 2. The molecule has 0 amide bonds. The predicted octanol–water partition coefficient (Wildman–Crippen LogP) is 2.38. The lowest BCUT2D eigenvalue weighted by atomic mass is 9.85. The van der Waals surface area contributed by atoms with Gasteiger partial charge in [0.2, 0.25) is 0 Å². The Balaban J connectivity index is 1.99. The molecule has 0 N–H and O–H groups in total. The number of aliphatic imine (C=N–C) groups is 1. The second-order valence-corrected chi connectivity index (χ2v) is 4.99. The van der Waals surface area contributed by atoms with Crippen LogP contribution >= 0.6 is 0 Å². The molecule has 0 atom stereocenters. The van der Waals surface area contributed by atoms with Crippen LogP contribution in [0.4, 0.5) is 0 Å². The fraction of sp³-hybridized carbons (Fsp3) is 0.375. The van der Waals surface area contributed by atoms with E-state index in [2.05, 4.69) is 4.99 Å². The fourth-order valence-electron chi connectivity index (χ4n) is 2.52. The highest BCUT2D eigenvalue weighted by molar-refractivity contribution is 6.28. The molecule has 1 aliphatic carbocycles. The van der Waals surface area contributed by atoms with Gasteiger partial charge in [-0.1, -0.05) is 24.3 Å². The van der Waals surface area contributed by atoms with E-state index >= 15 is 0 Å². The van der Waals surface area contributed by atoms with Crippen molar-refractivity contribution in [2.45, 2.75) is 20.1 Å². The normalized spacial score (nSPS) is 21.7. The molecule has 0 aromatic heterocycles. The minimum absolute atomic E-state index is 0.0883. The van der Waals surface area contributed by atoms with Crippen LogP contribution < -0.4 is 0 Å². The smallest absolute Gasteiger partial charge is 0.189 e. The van der Waals surface area contributed by atoms with Crippen LogP contribution in [0, 0.1) is 0 Å². The number of carbonyl (C=O) groups excluding carboxylic acids is 1. The second-order valence-electron chi connectivity index (χ2n) is 4.99. The Kier molecular flexibility index (Phi) is 3.51. The van der Waals surface area contributed by atoms with E-state index < -0.39 is 0 Å². The fourth-order valence-corrected chi connectivity index (χ4v) is 2.52. The number of allylic oxidation sites excluding steroid dienone is 2. The third-order valence-electron chi connectivity index (χ3n) is 3.77. The van der Waals surface area contributed by atoms with Gasteiger partial charge in [0, 0.05) is 16.7 Å². The molecule has 20 heavy (non-hydrogen) atoms. The Morgan fingerprint density at radius 2 is 1.75 bits per heavy atom. The number of hydrogen-bond acceptors (Lipinski definition) is 4. The molecule has 3 rings (SSSR count). The summed E-state index contributed by atoms with van der Waals surface area (Å²) in [7, 11) is 0. The highest BCUT2D eigenvalue weighted by Gasteiger charge is 2.26. The van der Waals surface area contributed by atoms with Crippen molar-refractivity contribution in [1.29, 1.82) is 0 Å². The Labute approximate surface area is 118 Å². The minimum Gasteiger partial charge on any atom is -0.348 e. The lowest BCUT2D eigenvalue weighted by Gasteiger charge is -2.20. The van der Waals surface area contributed by atoms with Crippen LogP contribution in [0.15, 0.2) is 40.4 Å². The first kappa shape index (κ1) is 13.2. The maximum Gasteiger partial charge on any atom is 0.189 e. The van der Waals surface area contributed by atoms with E-state index in [1.54, 1.807) is 0 Å². The predicted molar refractivity (Wildman–Crippen MR) is 76.2 cm³/mol. The van der Waals surface area contributed by atoms with Gasteiger partial charge in [-0.15, -0.1) is 0 Å². The van der Waals surface area contributed by atoms with Crippen LogP contribution in [0.2, 0.25) is 0 Å². The van der Waals surface area contributed by atoms with E-state index in [0.29, 0.717) is 19.8 Å². The summed E-state index contributed by atoms with van der Waals surface area (Å²) < 4.78 is 10.8. The quantitative estimate of drug-likeness (QED) is 0.829. The topological polar surface area (TPSA) is 47.9 Å². The van der Waals surface area contributed by atoms with Crippen LogP contribution in [0.3, 0.4) is 0 Å². The summed E-state index contributed by atoms with van der Waals surface area (Å²) in [6, 6.07) is 7.60. The van der Waals surface area contributed by atoms with Crippen molar-refractivity contribution in [2.24, 2.45) is 4.99 Å². The zero-order valence-corrected chi connectivity index (χ0v) is 11.7. The Hall–Kier alpha value is -1.78. The highest BCUT2D eigenvalue weighted by atomic mass is 16.7. The van der Waals surface area contributed by atoms with Gasteiger partial charge in [0.05, 0.1) is 25.5 Å². The van der Waals surface area contributed by atoms with Crippen LogP contribution in [0.5, 0.6) is 0 Å². The Bertz CT molecular complexity index is 610. The first-order valence-corrected chi connectivity index (χ1v) is 6.78. The summed E-state index contributed by atoms with van der Waals surface area (Å²) in [6.45, 7) is 5.50. The molecule has 0 radical (unpaired) electrons. The maximum absolute atomic E-state index is 12.3. The van der Waals surface area contributed by atoms with E-state index in [9.17, 15) is 4.79 Å². The molecule has 0 saturated carbocycles. The van der Waals surface area contributed by atoms with Crippen molar-refractivity contribution >= 4 is 11.5 Å². The summed E-state index contributed by atoms with van der Waals surface area (Å²) in [6.07, 6.45) is -0.264. The molecule has 1 fully saturated rings. The summed E-state index contributed by atoms with van der Waals surface area (Å²) >= 11 is 0. The number of rotatable bonds is 2. The first-order valence-electron chi connectivity index (χ1n) is 6.78. The van der Waals surface area contributed by atoms with Crippen molar-refractivity contribution in [3.05, 3.63) is 46.5 Å². The van der Waals surface area contributed by atoms with Crippen LogP contribution in [-0.4, -0.2) is 37.5 Å². The number of ketones is 1. The molecule has 2 aliphatic rings.